The number of pyridine rings is 1. The summed E-state index contributed by atoms with van der Waals surface area (Å²) >= 11 is 0. The average Bonchev–Trinajstić information content (AvgIpc) is 2.86. The van der Waals surface area contributed by atoms with E-state index in [9.17, 15) is 19.2 Å². The Bertz CT molecular complexity index is 971. The Labute approximate surface area is 206 Å². The summed E-state index contributed by atoms with van der Waals surface area (Å²) in [5.41, 5.74) is 0.281. The Hall–Kier alpha value is -3.23. The summed E-state index contributed by atoms with van der Waals surface area (Å²) in [6.45, 7) is 3.75. The van der Waals surface area contributed by atoms with E-state index in [-0.39, 0.29) is 42.1 Å². The molecule has 0 aliphatic carbocycles. The largest absolute Gasteiger partial charge is 0.351 e. The maximum absolute atomic E-state index is 13.1. The van der Waals surface area contributed by atoms with Crippen LogP contribution in [0, 0.1) is 11.3 Å². The maximum atomic E-state index is 13.1. The standard InChI is InChI=1S/C26H35N5O4/c1-19(32)30-13-9-26(10-14-30)8-3-2-6-21-18-31(24(34)15-20-5-4-11-27-16-20)12-7-22(21)29-23(33)17-28-25(26)35/h2-5,11,16,21-22H,6-10,12-15,17-18H2,1H3,(H,28,35)(H,29,33)/t21-,22+/m0/s1. The average molecular weight is 482 g/mol. The minimum absolute atomic E-state index is 0.0225. The topological polar surface area (TPSA) is 112 Å². The van der Waals surface area contributed by atoms with Gasteiger partial charge in [0.2, 0.25) is 23.6 Å². The number of rotatable bonds is 2. The third-order valence-electron chi connectivity index (χ3n) is 7.68. The number of hydrogen-bond acceptors (Lipinski definition) is 5. The molecule has 0 aromatic carbocycles. The van der Waals surface area contributed by atoms with Gasteiger partial charge in [0.25, 0.3) is 0 Å². The van der Waals surface area contributed by atoms with Crippen LogP contribution in [0.1, 0.15) is 44.6 Å². The van der Waals surface area contributed by atoms with Crippen molar-refractivity contribution >= 4 is 23.6 Å². The molecule has 1 aromatic heterocycles. The van der Waals surface area contributed by atoms with Crippen LogP contribution in [0.25, 0.3) is 0 Å². The summed E-state index contributed by atoms with van der Waals surface area (Å²) in [6, 6.07) is 3.69. The van der Waals surface area contributed by atoms with Crippen molar-refractivity contribution in [2.24, 2.45) is 11.3 Å². The molecule has 4 amide bonds. The van der Waals surface area contributed by atoms with Gasteiger partial charge in [-0.15, -0.1) is 0 Å². The first-order valence-corrected chi connectivity index (χ1v) is 12.5. The number of nitrogens with one attached hydrogen (secondary N) is 2. The number of carbonyl (C=O) groups excluding carboxylic acids is 4. The van der Waals surface area contributed by atoms with Crippen molar-refractivity contribution in [3.8, 4) is 0 Å². The fourth-order valence-electron chi connectivity index (χ4n) is 5.44. The van der Waals surface area contributed by atoms with Crippen LogP contribution in [0.5, 0.6) is 0 Å². The second-order valence-corrected chi connectivity index (χ2v) is 9.98. The van der Waals surface area contributed by atoms with Gasteiger partial charge in [0.15, 0.2) is 0 Å². The molecular formula is C26H35N5O4. The molecule has 0 radical (unpaired) electrons. The lowest BCUT2D eigenvalue weighted by molar-refractivity contribution is -0.140. The summed E-state index contributed by atoms with van der Waals surface area (Å²) in [5, 5.41) is 5.94. The van der Waals surface area contributed by atoms with E-state index in [1.54, 1.807) is 24.2 Å². The second-order valence-electron chi connectivity index (χ2n) is 9.98. The highest BCUT2D eigenvalue weighted by molar-refractivity contribution is 5.88. The lowest BCUT2D eigenvalue weighted by Gasteiger charge is -2.41. The molecule has 4 rings (SSSR count). The van der Waals surface area contributed by atoms with Gasteiger partial charge in [-0.1, -0.05) is 18.2 Å². The molecule has 9 heteroatoms. The van der Waals surface area contributed by atoms with E-state index in [4.69, 9.17) is 0 Å². The first kappa shape index (κ1) is 24.9. The molecule has 188 valence electrons. The molecule has 2 fully saturated rings. The number of fused-ring (bicyclic) bond motifs is 1. The minimum atomic E-state index is -0.611. The molecule has 0 saturated carbocycles. The monoisotopic (exact) mass is 481 g/mol. The molecule has 0 bridgehead atoms. The van der Waals surface area contributed by atoms with E-state index in [0.717, 1.165) is 12.0 Å². The van der Waals surface area contributed by atoms with Crippen LogP contribution in [-0.2, 0) is 25.6 Å². The normalized spacial score (nSPS) is 25.1. The van der Waals surface area contributed by atoms with E-state index >= 15 is 0 Å². The first-order valence-electron chi connectivity index (χ1n) is 12.5. The predicted molar refractivity (Wildman–Crippen MR) is 130 cm³/mol. The molecule has 2 N–H and O–H groups in total. The Morgan fingerprint density at radius 2 is 1.94 bits per heavy atom. The second kappa shape index (κ2) is 11.0. The van der Waals surface area contributed by atoms with Gasteiger partial charge in [0, 0.05) is 57.5 Å². The minimum Gasteiger partial charge on any atom is -0.351 e. The van der Waals surface area contributed by atoms with Crippen molar-refractivity contribution in [2.75, 3.05) is 32.7 Å². The summed E-state index contributed by atoms with van der Waals surface area (Å²) in [5.74, 6) is -0.124. The van der Waals surface area contributed by atoms with Crippen LogP contribution in [0.15, 0.2) is 36.7 Å². The van der Waals surface area contributed by atoms with Gasteiger partial charge in [-0.3, -0.25) is 24.2 Å². The summed E-state index contributed by atoms with van der Waals surface area (Å²) in [6.07, 6.45) is 11.0. The van der Waals surface area contributed by atoms with E-state index < -0.39 is 5.41 Å². The van der Waals surface area contributed by atoms with Crippen molar-refractivity contribution in [2.45, 2.75) is 51.5 Å². The number of amides is 4. The number of carbonyl (C=O) groups is 4. The predicted octanol–water partition coefficient (Wildman–Crippen LogP) is 1.05. The highest BCUT2D eigenvalue weighted by Gasteiger charge is 2.41. The number of piperidine rings is 2. The first-order chi connectivity index (χ1) is 16.9. The number of aromatic nitrogens is 1. The van der Waals surface area contributed by atoms with Crippen LogP contribution in [0.4, 0.5) is 0 Å². The molecule has 2 atom stereocenters. The SMILES string of the molecule is CC(=O)N1CCC2(CC=CC[C@H]3CN(C(=O)Cc4cccnc4)CC[C@H]3NC(=O)CNC2=O)CC1. The van der Waals surface area contributed by atoms with E-state index in [1.165, 1.54) is 0 Å². The smallest absolute Gasteiger partial charge is 0.239 e. The summed E-state index contributed by atoms with van der Waals surface area (Å²) in [4.78, 5) is 58.2. The molecule has 3 aliphatic rings. The van der Waals surface area contributed by atoms with Crippen molar-refractivity contribution in [3.63, 3.8) is 0 Å². The van der Waals surface area contributed by atoms with Gasteiger partial charge in [-0.05, 0) is 43.7 Å². The van der Waals surface area contributed by atoms with Crippen LogP contribution < -0.4 is 10.6 Å². The Morgan fingerprint density at radius 1 is 1.14 bits per heavy atom. The van der Waals surface area contributed by atoms with Gasteiger partial charge in [-0.25, -0.2) is 0 Å². The quantitative estimate of drug-likeness (QED) is 0.614. The van der Waals surface area contributed by atoms with Gasteiger partial charge in [0.1, 0.15) is 0 Å². The van der Waals surface area contributed by atoms with Crippen LogP contribution in [0.3, 0.4) is 0 Å². The third-order valence-corrected chi connectivity index (χ3v) is 7.68. The van der Waals surface area contributed by atoms with Crippen LogP contribution in [0.2, 0.25) is 0 Å². The number of allylic oxidation sites excluding steroid dienone is 2. The molecule has 3 aliphatic heterocycles. The number of hydrogen-bond donors (Lipinski definition) is 2. The zero-order valence-electron chi connectivity index (χ0n) is 20.4. The Morgan fingerprint density at radius 3 is 2.66 bits per heavy atom. The molecule has 1 spiro atoms. The van der Waals surface area contributed by atoms with E-state index in [1.807, 2.05) is 17.0 Å². The van der Waals surface area contributed by atoms with Gasteiger partial charge < -0.3 is 20.4 Å². The van der Waals surface area contributed by atoms with Crippen molar-refractivity contribution < 1.29 is 19.2 Å². The van der Waals surface area contributed by atoms with E-state index in [0.29, 0.717) is 58.3 Å². The highest BCUT2D eigenvalue weighted by atomic mass is 16.2. The lowest BCUT2D eigenvalue weighted by Crippen LogP contribution is -2.55. The van der Waals surface area contributed by atoms with Crippen molar-refractivity contribution in [1.29, 1.82) is 0 Å². The zero-order chi connectivity index (χ0) is 24.8. The van der Waals surface area contributed by atoms with Crippen LogP contribution in [-0.4, -0.2) is 77.2 Å². The molecule has 35 heavy (non-hydrogen) atoms. The summed E-state index contributed by atoms with van der Waals surface area (Å²) in [7, 11) is 0. The molecule has 9 nitrogen and oxygen atoms in total. The molecule has 1 aromatic rings. The molecular weight excluding hydrogens is 446 g/mol. The maximum Gasteiger partial charge on any atom is 0.239 e. The summed E-state index contributed by atoms with van der Waals surface area (Å²) < 4.78 is 0. The number of nitrogens with zero attached hydrogens (tertiary/aromatic N) is 3. The third kappa shape index (κ3) is 6.07. The highest BCUT2D eigenvalue weighted by Crippen LogP contribution is 2.36. The lowest BCUT2D eigenvalue weighted by atomic mass is 9.74. The number of likely N-dealkylation sites (tertiary alicyclic amines) is 2. The van der Waals surface area contributed by atoms with Gasteiger partial charge >= 0.3 is 0 Å². The van der Waals surface area contributed by atoms with Crippen molar-refractivity contribution in [1.82, 2.24) is 25.4 Å². The van der Waals surface area contributed by atoms with E-state index in [2.05, 4.69) is 27.8 Å². The molecule has 0 unspecified atom stereocenters. The van der Waals surface area contributed by atoms with Gasteiger partial charge in [0.05, 0.1) is 18.4 Å². The Balaban J connectivity index is 1.43. The fraction of sp³-hybridized carbons (Fsp3) is 0.577. The van der Waals surface area contributed by atoms with Crippen LogP contribution >= 0.6 is 0 Å². The zero-order valence-corrected chi connectivity index (χ0v) is 20.4. The molecule has 4 heterocycles. The Kier molecular flexibility index (Phi) is 7.83. The van der Waals surface area contributed by atoms with Gasteiger partial charge in [-0.2, -0.15) is 0 Å². The fourth-order valence-corrected chi connectivity index (χ4v) is 5.44. The molecule has 2 saturated heterocycles. The van der Waals surface area contributed by atoms with Crippen molar-refractivity contribution in [3.05, 3.63) is 42.2 Å².